The molecule has 2 aliphatic carbocycles. The van der Waals surface area contributed by atoms with E-state index in [4.69, 9.17) is 17.3 Å². The molecule has 1 heterocycles. The van der Waals surface area contributed by atoms with E-state index in [9.17, 15) is 9.18 Å². The lowest BCUT2D eigenvalue weighted by molar-refractivity contribution is -0.134. The normalized spacial score (nSPS) is 22.3. The highest BCUT2D eigenvalue weighted by atomic mass is 35.5. The van der Waals surface area contributed by atoms with E-state index in [0.29, 0.717) is 50.1 Å². The number of nitrogens with zero attached hydrogens (tertiary/aromatic N) is 3. The van der Waals surface area contributed by atoms with Crippen LogP contribution in [0.4, 0.5) is 4.39 Å². The van der Waals surface area contributed by atoms with Gasteiger partial charge in [0.25, 0.3) is 0 Å². The first kappa shape index (κ1) is 24.7. The molecule has 8 heteroatoms. The van der Waals surface area contributed by atoms with Crippen LogP contribution in [0.3, 0.4) is 0 Å². The van der Waals surface area contributed by atoms with Gasteiger partial charge in [-0.15, -0.1) is 0 Å². The predicted molar refractivity (Wildman–Crippen MR) is 135 cm³/mol. The van der Waals surface area contributed by atoms with E-state index in [1.807, 2.05) is 4.90 Å². The summed E-state index contributed by atoms with van der Waals surface area (Å²) in [6.07, 6.45) is 5.95. The van der Waals surface area contributed by atoms with Crippen molar-refractivity contribution in [1.29, 1.82) is 0 Å². The Hall–Kier alpha value is -2.38. The second-order valence-corrected chi connectivity index (χ2v) is 10.1. The van der Waals surface area contributed by atoms with Gasteiger partial charge < -0.3 is 20.9 Å². The molecule has 0 aromatic heterocycles. The molecule has 1 amide bonds. The van der Waals surface area contributed by atoms with Crippen molar-refractivity contribution in [2.24, 2.45) is 22.6 Å². The SMILES string of the molecule is C=CN=C(C1=C(N)CC[C@H]1C)N1CCN(C(=O)[C@H](CNCC2CC2)c2ccc(Cl)c(F)c2)CC1. The van der Waals surface area contributed by atoms with E-state index in [1.54, 1.807) is 12.3 Å². The van der Waals surface area contributed by atoms with Crippen molar-refractivity contribution in [1.82, 2.24) is 15.1 Å². The van der Waals surface area contributed by atoms with Crippen molar-refractivity contribution in [3.8, 4) is 0 Å². The highest BCUT2D eigenvalue weighted by molar-refractivity contribution is 6.30. The van der Waals surface area contributed by atoms with E-state index in [2.05, 4.69) is 28.7 Å². The highest BCUT2D eigenvalue weighted by Crippen LogP contribution is 2.32. The maximum absolute atomic E-state index is 14.2. The Morgan fingerprint density at radius 2 is 2.00 bits per heavy atom. The van der Waals surface area contributed by atoms with Gasteiger partial charge in [-0.2, -0.15) is 0 Å². The third-order valence-electron chi connectivity index (χ3n) is 7.15. The summed E-state index contributed by atoms with van der Waals surface area (Å²) in [4.78, 5) is 22.2. The van der Waals surface area contributed by atoms with Crippen LogP contribution in [0.15, 0.2) is 47.2 Å². The summed E-state index contributed by atoms with van der Waals surface area (Å²) in [5, 5.41) is 3.49. The molecular formula is C26H35ClFN5O. The van der Waals surface area contributed by atoms with Gasteiger partial charge in [0.15, 0.2) is 0 Å². The molecule has 1 saturated heterocycles. The number of nitrogens with one attached hydrogen (secondary N) is 1. The molecule has 6 nitrogen and oxygen atoms in total. The van der Waals surface area contributed by atoms with Crippen LogP contribution >= 0.6 is 11.6 Å². The Labute approximate surface area is 206 Å². The van der Waals surface area contributed by atoms with Crippen LogP contribution in [0.1, 0.15) is 44.1 Å². The number of allylic oxidation sites excluding steroid dienone is 1. The van der Waals surface area contributed by atoms with Crippen molar-refractivity contribution < 1.29 is 9.18 Å². The number of amides is 1. The molecule has 2 atom stereocenters. The second kappa shape index (κ2) is 10.9. The van der Waals surface area contributed by atoms with Crippen LogP contribution in [0.2, 0.25) is 5.02 Å². The van der Waals surface area contributed by atoms with Crippen LogP contribution in [0.5, 0.6) is 0 Å². The lowest BCUT2D eigenvalue weighted by atomic mass is 9.96. The highest BCUT2D eigenvalue weighted by Gasteiger charge is 2.33. The van der Waals surface area contributed by atoms with Crippen LogP contribution < -0.4 is 11.1 Å². The third kappa shape index (κ3) is 5.63. The average Bonchev–Trinajstić information content (AvgIpc) is 3.60. The van der Waals surface area contributed by atoms with Crippen LogP contribution in [-0.2, 0) is 4.79 Å². The average molecular weight is 488 g/mol. The van der Waals surface area contributed by atoms with Crippen LogP contribution in [-0.4, -0.2) is 60.8 Å². The summed E-state index contributed by atoms with van der Waals surface area (Å²) >= 11 is 5.89. The largest absolute Gasteiger partial charge is 0.402 e. The standard InChI is InChI=1S/C26H35ClFN5O/c1-3-31-25(24-17(2)4-9-23(24)29)32-10-12-33(13-11-32)26(34)20(16-30-15-18-5-6-18)19-7-8-21(27)22(28)14-19/h3,7-8,14,17-18,20,30H,1,4-6,9-13,15-16,29H2,2H3/t17-,20-/m1/s1. The number of carbonyl (C=O) groups excluding carboxylic acids is 1. The number of hydrogen-bond acceptors (Lipinski definition) is 4. The molecule has 184 valence electrons. The first-order valence-electron chi connectivity index (χ1n) is 12.3. The number of hydrogen-bond donors (Lipinski definition) is 2. The number of carbonyl (C=O) groups is 1. The Morgan fingerprint density at radius 1 is 1.29 bits per heavy atom. The fraction of sp³-hybridized carbons (Fsp3) is 0.538. The second-order valence-electron chi connectivity index (χ2n) is 9.65. The summed E-state index contributed by atoms with van der Waals surface area (Å²) in [6.45, 7) is 9.83. The third-order valence-corrected chi connectivity index (χ3v) is 7.46. The number of amidine groups is 1. The fourth-order valence-electron chi connectivity index (χ4n) is 4.93. The quantitative estimate of drug-likeness (QED) is 0.431. The fourth-order valence-corrected chi connectivity index (χ4v) is 5.05. The monoisotopic (exact) mass is 487 g/mol. The number of nitrogens with two attached hydrogens (primary N) is 1. The zero-order valence-electron chi connectivity index (χ0n) is 19.9. The molecule has 34 heavy (non-hydrogen) atoms. The molecule has 1 aliphatic heterocycles. The first-order chi connectivity index (χ1) is 16.4. The predicted octanol–water partition coefficient (Wildman–Crippen LogP) is 3.89. The maximum Gasteiger partial charge on any atom is 0.231 e. The molecule has 0 radical (unpaired) electrons. The summed E-state index contributed by atoms with van der Waals surface area (Å²) in [5.74, 6) is 1.01. The summed E-state index contributed by atoms with van der Waals surface area (Å²) in [7, 11) is 0. The number of rotatable bonds is 8. The molecule has 3 N–H and O–H groups in total. The molecule has 0 bridgehead atoms. The Morgan fingerprint density at radius 3 is 2.59 bits per heavy atom. The summed E-state index contributed by atoms with van der Waals surface area (Å²) < 4.78 is 14.2. The molecule has 0 spiro atoms. The first-order valence-corrected chi connectivity index (χ1v) is 12.6. The lowest BCUT2D eigenvalue weighted by Gasteiger charge is -2.38. The minimum atomic E-state index is -0.495. The van der Waals surface area contributed by atoms with Gasteiger partial charge >= 0.3 is 0 Å². The Balaban J connectivity index is 1.45. The molecule has 2 fully saturated rings. The number of halogens is 2. The molecular weight excluding hydrogens is 453 g/mol. The molecule has 3 aliphatic rings. The van der Waals surface area contributed by atoms with Crippen LogP contribution in [0, 0.1) is 17.7 Å². The topological polar surface area (TPSA) is 74.0 Å². The molecule has 4 rings (SSSR count). The van der Waals surface area contributed by atoms with Crippen molar-refractivity contribution in [3.63, 3.8) is 0 Å². The van der Waals surface area contributed by atoms with Crippen molar-refractivity contribution in [2.45, 2.75) is 38.5 Å². The van der Waals surface area contributed by atoms with Gasteiger partial charge in [-0.1, -0.05) is 31.2 Å². The van der Waals surface area contributed by atoms with Gasteiger partial charge in [-0.25, -0.2) is 9.38 Å². The molecule has 1 aromatic rings. The van der Waals surface area contributed by atoms with Gasteiger partial charge in [-0.3, -0.25) is 4.79 Å². The van der Waals surface area contributed by atoms with E-state index in [-0.39, 0.29) is 10.9 Å². The van der Waals surface area contributed by atoms with Gasteiger partial charge in [-0.05, 0) is 61.8 Å². The summed E-state index contributed by atoms with van der Waals surface area (Å²) in [5.41, 5.74) is 8.98. The maximum atomic E-state index is 14.2. The number of benzene rings is 1. The summed E-state index contributed by atoms with van der Waals surface area (Å²) in [6, 6.07) is 4.68. The molecule has 1 aromatic carbocycles. The Kier molecular flexibility index (Phi) is 7.94. The van der Waals surface area contributed by atoms with E-state index in [0.717, 1.165) is 36.5 Å². The van der Waals surface area contributed by atoms with Gasteiger partial charge in [0.1, 0.15) is 11.7 Å². The van der Waals surface area contributed by atoms with Gasteiger partial charge in [0.2, 0.25) is 5.91 Å². The van der Waals surface area contributed by atoms with Crippen LogP contribution in [0.25, 0.3) is 0 Å². The van der Waals surface area contributed by atoms with Crippen molar-refractivity contribution >= 4 is 23.3 Å². The molecule has 1 saturated carbocycles. The number of aliphatic imine (C=N–C) groups is 1. The van der Waals surface area contributed by atoms with Crippen molar-refractivity contribution in [2.75, 3.05) is 39.3 Å². The zero-order chi connectivity index (χ0) is 24.2. The minimum absolute atomic E-state index is 0.0137. The molecule has 0 unspecified atom stereocenters. The van der Waals surface area contributed by atoms with Gasteiger partial charge in [0, 0.05) is 50.2 Å². The van der Waals surface area contributed by atoms with Crippen molar-refractivity contribution in [3.05, 3.63) is 58.7 Å². The van der Waals surface area contributed by atoms with E-state index < -0.39 is 11.7 Å². The minimum Gasteiger partial charge on any atom is -0.402 e. The zero-order valence-corrected chi connectivity index (χ0v) is 20.7. The number of piperazine rings is 1. The smallest absolute Gasteiger partial charge is 0.231 e. The van der Waals surface area contributed by atoms with E-state index >= 15 is 0 Å². The van der Waals surface area contributed by atoms with Gasteiger partial charge in [0.05, 0.1) is 10.9 Å². The van der Waals surface area contributed by atoms with E-state index in [1.165, 1.54) is 25.0 Å². The Bertz CT molecular complexity index is 981. The lowest BCUT2D eigenvalue weighted by Crippen LogP contribution is -2.53.